The molecule has 5 rings (SSSR count). The van der Waals surface area contributed by atoms with E-state index < -0.39 is 5.91 Å². The molecule has 2 unspecified atom stereocenters. The maximum Gasteiger partial charge on any atom is 0.259 e. The Bertz CT molecular complexity index is 1000. The zero-order valence-corrected chi connectivity index (χ0v) is 14.9. The largest absolute Gasteiger partial charge is 0.387 e. The van der Waals surface area contributed by atoms with Crippen LogP contribution in [0.1, 0.15) is 38.9 Å². The molecule has 0 saturated heterocycles. The maximum atomic E-state index is 12.7. The molecule has 1 aromatic heterocycles. The molecular weight excluding hydrogens is 344 g/mol. The van der Waals surface area contributed by atoms with Crippen molar-refractivity contribution in [1.29, 1.82) is 0 Å². The molecule has 2 atom stereocenters. The summed E-state index contributed by atoms with van der Waals surface area (Å²) in [5.41, 5.74) is 9.57. The van der Waals surface area contributed by atoms with Crippen LogP contribution in [0, 0.1) is 0 Å². The number of primary amides is 1. The van der Waals surface area contributed by atoms with E-state index in [0.717, 1.165) is 40.1 Å². The number of allylic oxidation sites excluding steroid dienone is 2. The Morgan fingerprint density at radius 1 is 1.27 bits per heavy atom. The van der Waals surface area contributed by atoms with Crippen molar-refractivity contribution in [1.82, 2.24) is 5.32 Å². The lowest BCUT2D eigenvalue weighted by Gasteiger charge is -2.31. The van der Waals surface area contributed by atoms with Crippen LogP contribution in [0.4, 0.5) is 0 Å². The molecule has 3 N–H and O–H groups in total. The molecule has 0 radical (unpaired) electrons. The van der Waals surface area contributed by atoms with Gasteiger partial charge in [-0.2, -0.15) is 0 Å². The first-order chi connectivity index (χ1) is 12.6. The number of nitrogens with two attached hydrogens (primary N) is 1. The number of amides is 1. The highest BCUT2D eigenvalue weighted by atomic mass is 32.1. The van der Waals surface area contributed by atoms with E-state index in [0.29, 0.717) is 11.3 Å². The van der Waals surface area contributed by atoms with Crippen LogP contribution in [0.25, 0.3) is 11.1 Å². The summed E-state index contributed by atoms with van der Waals surface area (Å²) in [4.78, 5) is 26.5. The minimum absolute atomic E-state index is 0.109. The molecule has 2 bridgehead atoms. The summed E-state index contributed by atoms with van der Waals surface area (Å²) in [6.07, 6.45) is 7.53. The second kappa shape index (κ2) is 5.42. The fraction of sp³-hybridized carbons (Fsp3) is 0.238. The fourth-order valence-electron chi connectivity index (χ4n) is 4.74. The number of benzene rings is 1. The number of Topliss-reactive ketones (excluding diaryl/α,β-unsaturated/α-hetero) is 1. The lowest BCUT2D eigenvalue weighted by atomic mass is 9.71. The maximum absolute atomic E-state index is 12.7. The smallest absolute Gasteiger partial charge is 0.259 e. The van der Waals surface area contributed by atoms with E-state index in [4.69, 9.17) is 5.73 Å². The van der Waals surface area contributed by atoms with E-state index in [1.807, 2.05) is 36.5 Å². The lowest BCUT2D eigenvalue weighted by Crippen LogP contribution is -2.29. The third-order valence-corrected chi connectivity index (χ3v) is 7.10. The summed E-state index contributed by atoms with van der Waals surface area (Å²) in [6.45, 7) is 0.797. The molecule has 3 aliphatic rings. The highest BCUT2D eigenvalue weighted by Gasteiger charge is 2.58. The van der Waals surface area contributed by atoms with Gasteiger partial charge in [0, 0.05) is 35.0 Å². The van der Waals surface area contributed by atoms with Crippen molar-refractivity contribution in [3.8, 4) is 11.1 Å². The summed E-state index contributed by atoms with van der Waals surface area (Å²) in [5.74, 6) is -0.257. The molecule has 1 aliphatic heterocycles. The van der Waals surface area contributed by atoms with E-state index in [1.165, 1.54) is 11.3 Å². The van der Waals surface area contributed by atoms with Crippen LogP contribution in [0.3, 0.4) is 0 Å². The average molecular weight is 362 g/mol. The van der Waals surface area contributed by atoms with Crippen molar-refractivity contribution < 1.29 is 9.59 Å². The van der Waals surface area contributed by atoms with Gasteiger partial charge in [-0.25, -0.2) is 0 Å². The molecule has 2 aliphatic carbocycles. The van der Waals surface area contributed by atoms with Gasteiger partial charge >= 0.3 is 0 Å². The number of nitrogens with one attached hydrogen (secondary N) is 1. The number of thiophene rings is 1. The van der Waals surface area contributed by atoms with Gasteiger partial charge in [0.05, 0.1) is 5.92 Å². The fourth-order valence-corrected chi connectivity index (χ4v) is 6.14. The molecular formula is C21H18N2O2S. The number of hydrogen-bond donors (Lipinski definition) is 2. The Morgan fingerprint density at radius 3 is 2.77 bits per heavy atom. The van der Waals surface area contributed by atoms with E-state index in [1.54, 1.807) is 0 Å². The second-order valence-corrected chi connectivity index (χ2v) is 8.22. The molecule has 4 nitrogen and oxygen atoms in total. The summed E-state index contributed by atoms with van der Waals surface area (Å²) in [5, 5.41) is 3.28. The second-order valence-electron chi connectivity index (χ2n) is 7.17. The number of dihydropyridines is 1. The Morgan fingerprint density at radius 2 is 2.08 bits per heavy atom. The van der Waals surface area contributed by atoms with Crippen LogP contribution in [0.5, 0.6) is 0 Å². The molecule has 1 amide bonds. The summed E-state index contributed by atoms with van der Waals surface area (Å²) in [6, 6.07) is 9.92. The van der Waals surface area contributed by atoms with Gasteiger partial charge in [0.15, 0.2) is 0 Å². The van der Waals surface area contributed by atoms with Crippen LogP contribution < -0.4 is 11.1 Å². The number of hydrogen-bond acceptors (Lipinski definition) is 4. The van der Waals surface area contributed by atoms with Crippen LogP contribution in [0.15, 0.2) is 54.3 Å². The van der Waals surface area contributed by atoms with Crippen LogP contribution in [-0.4, -0.2) is 18.2 Å². The van der Waals surface area contributed by atoms with Gasteiger partial charge in [0.25, 0.3) is 5.91 Å². The van der Waals surface area contributed by atoms with Crippen LogP contribution in [0.2, 0.25) is 0 Å². The first-order valence-corrected chi connectivity index (χ1v) is 9.59. The summed E-state index contributed by atoms with van der Waals surface area (Å²) >= 11 is 1.41. The first-order valence-electron chi connectivity index (χ1n) is 8.77. The number of ketones is 1. The first kappa shape index (κ1) is 15.6. The summed E-state index contributed by atoms with van der Waals surface area (Å²) in [7, 11) is 0. The van der Waals surface area contributed by atoms with Crippen molar-refractivity contribution in [2.75, 3.05) is 6.54 Å². The third kappa shape index (κ3) is 1.95. The number of fused-ring (bicyclic) bond motifs is 5. The van der Waals surface area contributed by atoms with Crippen molar-refractivity contribution in [2.45, 2.75) is 24.2 Å². The monoisotopic (exact) mass is 362 g/mol. The predicted molar refractivity (Wildman–Crippen MR) is 102 cm³/mol. The highest BCUT2D eigenvalue weighted by Crippen LogP contribution is 2.64. The molecule has 0 spiro atoms. The van der Waals surface area contributed by atoms with E-state index in [9.17, 15) is 9.59 Å². The Labute approximate surface area is 155 Å². The lowest BCUT2D eigenvalue weighted by molar-refractivity contribution is -0.119. The Kier molecular flexibility index (Phi) is 3.25. The van der Waals surface area contributed by atoms with Crippen molar-refractivity contribution >= 4 is 23.0 Å². The number of rotatable bonds is 3. The average Bonchev–Trinajstić information content (AvgIpc) is 3.31. The van der Waals surface area contributed by atoms with Gasteiger partial charge < -0.3 is 11.1 Å². The number of carbonyl (C=O) groups excluding carboxylic acids is 2. The van der Waals surface area contributed by atoms with Crippen molar-refractivity contribution in [3.63, 3.8) is 0 Å². The van der Waals surface area contributed by atoms with Crippen LogP contribution >= 0.6 is 11.3 Å². The normalized spacial score (nSPS) is 25.8. The summed E-state index contributed by atoms with van der Waals surface area (Å²) < 4.78 is 0. The molecule has 1 fully saturated rings. The van der Waals surface area contributed by atoms with Crippen LogP contribution in [-0.2, 0) is 10.2 Å². The third-order valence-electron chi connectivity index (χ3n) is 5.78. The van der Waals surface area contributed by atoms with E-state index in [-0.39, 0.29) is 17.1 Å². The zero-order chi connectivity index (χ0) is 17.9. The molecule has 26 heavy (non-hydrogen) atoms. The Balaban J connectivity index is 1.82. The SMILES string of the molecule is NC(=O)c1sc2c(c1-c1ccccc1)C1(C3=CNCC=C3)CC(=O)C2C1. The Hall–Kier alpha value is -2.66. The van der Waals surface area contributed by atoms with Gasteiger partial charge in [0.1, 0.15) is 10.7 Å². The number of carbonyl (C=O) groups is 2. The predicted octanol–water partition coefficient (Wildman–Crippen LogP) is 3.26. The van der Waals surface area contributed by atoms with Gasteiger partial charge in [0.2, 0.25) is 0 Å². The molecule has 1 saturated carbocycles. The standard InChI is InChI=1S/C21H18N2O2S/c22-20(25)19-16(12-5-2-1-3-6-12)17-18(26-19)14-9-21(17,10-15(14)24)13-7-4-8-23-11-13/h1-7,11,14,23H,8-10H2,(H2,22,25). The molecule has 130 valence electrons. The van der Waals surface area contributed by atoms with Crippen molar-refractivity contribution in [3.05, 3.63) is 69.6 Å². The van der Waals surface area contributed by atoms with Crippen molar-refractivity contribution in [2.24, 2.45) is 5.73 Å². The molecule has 1 aromatic carbocycles. The molecule has 2 aromatic rings. The minimum Gasteiger partial charge on any atom is -0.387 e. The quantitative estimate of drug-likeness (QED) is 0.880. The van der Waals surface area contributed by atoms with E-state index in [2.05, 4.69) is 17.5 Å². The van der Waals surface area contributed by atoms with Gasteiger partial charge in [-0.3, -0.25) is 9.59 Å². The minimum atomic E-state index is -0.420. The van der Waals surface area contributed by atoms with Gasteiger partial charge in [-0.1, -0.05) is 42.5 Å². The topological polar surface area (TPSA) is 72.2 Å². The highest BCUT2D eigenvalue weighted by molar-refractivity contribution is 7.15. The van der Waals surface area contributed by atoms with E-state index >= 15 is 0 Å². The molecule has 2 heterocycles. The van der Waals surface area contributed by atoms with Gasteiger partial charge in [-0.15, -0.1) is 11.3 Å². The van der Waals surface area contributed by atoms with Gasteiger partial charge in [-0.05, 0) is 23.1 Å². The molecule has 5 heteroatoms. The zero-order valence-electron chi connectivity index (χ0n) is 14.1.